The van der Waals surface area contributed by atoms with Crippen LogP contribution in [-0.2, 0) is 6.42 Å². The fourth-order valence-electron chi connectivity index (χ4n) is 1.58. The van der Waals surface area contributed by atoms with Crippen molar-refractivity contribution in [3.8, 4) is 0 Å². The summed E-state index contributed by atoms with van der Waals surface area (Å²) < 4.78 is 0. The molecule has 1 aliphatic carbocycles. The first-order valence-corrected chi connectivity index (χ1v) is 4.29. The summed E-state index contributed by atoms with van der Waals surface area (Å²) in [5, 5.41) is 0. The van der Waals surface area contributed by atoms with Crippen LogP contribution < -0.4 is 0 Å². The first-order valence-electron chi connectivity index (χ1n) is 4.29. The van der Waals surface area contributed by atoms with Crippen molar-refractivity contribution in [2.75, 3.05) is 0 Å². The molecular formula is C12H12. The van der Waals surface area contributed by atoms with Gasteiger partial charge in [-0.15, -0.1) is 0 Å². The van der Waals surface area contributed by atoms with E-state index >= 15 is 0 Å². The Morgan fingerprint density at radius 1 is 1.17 bits per heavy atom. The zero-order valence-electron chi connectivity index (χ0n) is 7.25. The molecule has 0 N–H and O–H groups in total. The van der Waals surface area contributed by atoms with Gasteiger partial charge in [0.15, 0.2) is 0 Å². The highest BCUT2D eigenvalue weighted by atomic mass is 14.1. The quantitative estimate of drug-likeness (QED) is 0.541. The van der Waals surface area contributed by atoms with Crippen molar-refractivity contribution in [2.45, 2.75) is 13.3 Å². The van der Waals surface area contributed by atoms with Crippen LogP contribution in [0.1, 0.15) is 16.7 Å². The molecule has 0 heteroatoms. The second kappa shape index (κ2) is 2.98. The largest absolute Gasteiger partial charge is 0.0801 e. The van der Waals surface area contributed by atoms with Crippen LogP contribution in [0.3, 0.4) is 0 Å². The van der Waals surface area contributed by atoms with Gasteiger partial charge in [-0.2, -0.15) is 0 Å². The lowest BCUT2D eigenvalue weighted by atomic mass is 10.0. The SMILES string of the molecule is Cc1cccc2c1C=CC=CC2. The molecule has 0 unspecified atom stereocenters. The van der Waals surface area contributed by atoms with Gasteiger partial charge in [-0.3, -0.25) is 0 Å². The molecule has 0 fully saturated rings. The van der Waals surface area contributed by atoms with Crippen molar-refractivity contribution < 1.29 is 0 Å². The molecule has 0 nitrogen and oxygen atoms in total. The Hall–Kier alpha value is -1.30. The lowest BCUT2D eigenvalue weighted by Gasteiger charge is -2.04. The molecular weight excluding hydrogens is 144 g/mol. The molecule has 60 valence electrons. The predicted octanol–water partition coefficient (Wildman–Crippen LogP) is 3.12. The number of hydrogen-bond donors (Lipinski definition) is 0. The highest BCUT2D eigenvalue weighted by molar-refractivity contribution is 5.60. The molecule has 0 heterocycles. The molecule has 0 spiro atoms. The molecule has 0 aromatic heterocycles. The van der Waals surface area contributed by atoms with Crippen LogP contribution in [0, 0.1) is 6.92 Å². The van der Waals surface area contributed by atoms with E-state index in [1.807, 2.05) is 0 Å². The summed E-state index contributed by atoms with van der Waals surface area (Å²) >= 11 is 0. The van der Waals surface area contributed by atoms with E-state index in [0.717, 1.165) is 6.42 Å². The summed E-state index contributed by atoms with van der Waals surface area (Å²) in [5.74, 6) is 0. The number of fused-ring (bicyclic) bond motifs is 1. The Morgan fingerprint density at radius 2 is 2.08 bits per heavy atom. The van der Waals surface area contributed by atoms with Gasteiger partial charge in [-0.05, 0) is 30.0 Å². The minimum absolute atomic E-state index is 1.06. The fraction of sp³-hybridized carbons (Fsp3) is 0.167. The molecule has 0 atom stereocenters. The maximum absolute atomic E-state index is 2.20. The first kappa shape index (κ1) is 7.35. The lowest BCUT2D eigenvalue weighted by molar-refractivity contribution is 1.24. The van der Waals surface area contributed by atoms with E-state index < -0.39 is 0 Å². The third-order valence-corrected chi connectivity index (χ3v) is 2.26. The molecule has 0 saturated heterocycles. The number of aryl methyl sites for hydroxylation is 1. The van der Waals surface area contributed by atoms with Crippen molar-refractivity contribution >= 4 is 6.08 Å². The van der Waals surface area contributed by atoms with E-state index in [4.69, 9.17) is 0 Å². The van der Waals surface area contributed by atoms with E-state index in [0.29, 0.717) is 0 Å². The summed E-state index contributed by atoms with van der Waals surface area (Å²) in [6.07, 6.45) is 9.66. The Labute approximate surface area is 73.2 Å². The second-order valence-corrected chi connectivity index (χ2v) is 3.14. The van der Waals surface area contributed by atoms with E-state index in [2.05, 4.69) is 49.4 Å². The van der Waals surface area contributed by atoms with Crippen LogP contribution in [0.4, 0.5) is 0 Å². The molecule has 2 rings (SSSR count). The highest BCUT2D eigenvalue weighted by Gasteiger charge is 2.01. The molecule has 1 aromatic carbocycles. The molecule has 0 saturated carbocycles. The van der Waals surface area contributed by atoms with Gasteiger partial charge in [0.1, 0.15) is 0 Å². The monoisotopic (exact) mass is 156 g/mol. The fourth-order valence-corrected chi connectivity index (χ4v) is 1.58. The molecule has 0 amide bonds. The third-order valence-electron chi connectivity index (χ3n) is 2.26. The average molecular weight is 156 g/mol. The standard InChI is InChI=1S/C12H12/c1-10-6-5-8-11-7-3-2-4-9-12(10)11/h2-6,8-9H,7H2,1H3. The van der Waals surface area contributed by atoms with Gasteiger partial charge >= 0.3 is 0 Å². The molecule has 1 aromatic rings. The third kappa shape index (κ3) is 1.20. The number of hydrogen-bond acceptors (Lipinski definition) is 0. The van der Waals surface area contributed by atoms with Gasteiger partial charge in [0, 0.05) is 0 Å². The predicted molar refractivity (Wildman–Crippen MR) is 53.1 cm³/mol. The van der Waals surface area contributed by atoms with Gasteiger partial charge in [0.2, 0.25) is 0 Å². The number of rotatable bonds is 0. The summed E-state index contributed by atoms with van der Waals surface area (Å²) in [6, 6.07) is 6.48. The first-order chi connectivity index (χ1) is 5.88. The zero-order chi connectivity index (χ0) is 8.39. The van der Waals surface area contributed by atoms with Crippen molar-refractivity contribution in [3.05, 3.63) is 53.1 Å². The van der Waals surface area contributed by atoms with Gasteiger partial charge in [-0.25, -0.2) is 0 Å². The lowest BCUT2D eigenvalue weighted by Crippen LogP contribution is -1.88. The normalized spacial score (nSPS) is 14.1. The van der Waals surface area contributed by atoms with Crippen LogP contribution in [0.15, 0.2) is 36.4 Å². The molecule has 0 aliphatic heterocycles. The summed E-state index contributed by atoms with van der Waals surface area (Å²) in [7, 11) is 0. The zero-order valence-corrected chi connectivity index (χ0v) is 7.25. The molecule has 0 bridgehead atoms. The van der Waals surface area contributed by atoms with Crippen molar-refractivity contribution in [1.29, 1.82) is 0 Å². The van der Waals surface area contributed by atoms with Crippen molar-refractivity contribution in [3.63, 3.8) is 0 Å². The van der Waals surface area contributed by atoms with Crippen LogP contribution in [0.5, 0.6) is 0 Å². The number of allylic oxidation sites excluding steroid dienone is 3. The van der Waals surface area contributed by atoms with Gasteiger partial charge < -0.3 is 0 Å². The second-order valence-electron chi connectivity index (χ2n) is 3.14. The molecule has 0 radical (unpaired) electrons. The maximum atomic E-state index is 2.20. The van der Waals surface area contributed by atoms with Crippen LogP contribution >= 0.6 is 0 Å². The summed E-state index contributed by atoms with van der Waals surface area (Å²) in [6.45, 7) is 2.16. The van der Waals surface area contributed by atoms with Crippen molar-refractivity contribution in [2.24, 2.45) is 0 Å². The van der Waals surface area contributed by atoms with E-state index in [1.165, 1.54) is 16.7 Å². The Balaban J connectivity index is 2.59. The Kier molecular flexibility index (Phi) is 1.83. The molecule has 1 aliphatic rings. The van der Waals surface area contributed by atoms with E-state index in [1.54, 1.807) is 0 Å². The topological polar surface area (TPSA) is 0 Å². The van der Waals surface area contributed by atoms with E-state index in [9.17, 15) is 0 Å². The average Bonchev–Trinajstić information content (AvgIpc) is 2.30. The summed E-state index contributed by atoms with van der Waals surface area (Å²) in [5.41, 5.74) is 4.19. The molecule has 12 heavy (non-hydrogen) atoms. The van der Waals surface area contributed by atoms with Crippen LogP contribution in [-0.4, -0.2) is 0 Å². The Morgan fingerprint density at radius 3 is 3.00 bits per heavy atom. The smallest absolute Gasteiger partial charge is 0.00883 e. The minimum Gasteiger partial charge on any atom is -0.0801 e. The Bertz CT molecular complexity index is 343. The van der Waals surface area contributed by atoms with Gasteiger partial charge in [-0.1, -0.05) is 42.5 Å². The highest BCUT2D eigenvalue weighted by Crippen LogP contribution is 2.18. The van der Waals surface area contributed by atoms with Gasteiger partial charge in [0.25, 0.3) is 0 Å². The van der Waals surface area contributed by atoms with E-state index in [-0.39, 0.29) is 0 Å². The van der Waals surface area contributed by atoms with Crippen LogP contribution in [0.25, 0.3) is 6.08 Å². The van der Waals surface area contributed by atoms with Crippen molar-refractivity contribution in [1.82, 2.24) is 0 Å². The van der Waals surface area contributed by atoms with Crippen LogP contribution in [0.2, 0.25) is 0 Å². The maximum Gasteiger partial charge on any atom is -0.00883 e. The minimum atomic E-state index is 1.06. The summed E-state index contributed by atoms with van der Waals surface area (Å²) in [4.78, 5) is 0. The number of benzene rings is 1. The van der Waals surface area contributed by atoms with Gasteiger partial charge in [0.05, 0.1) is 0 Å².